The van der Waals surface area contributed by atoms with Gasteiger partial charge in [-0.25, -0.2) is 4.39 Å². The molecule has 0 heterocycles. The fourth-order valence-corrected chi connectivity index (χ4v) is 4.45. The van der Waals surface area contributed by atoms with Crippen LogP contribution in [-0.4, -0.2) is 12.6 Å². The van der Waals surface area contributed by atoms with Crippen molar-refractivity contribution in [2.45, 2.75) is 63.8 Å². The summed E-state index contributed by atoms with van der Waals surface area (Å²) in [5, 5.41) is 3.86. The molecule has 126 valence electrons. The zero-order valence-corrected chi connectivity index (χ0v) is 14.4. The molecule has 0 saturated heterocycles. The van der Waals surface area contributed by atoms with Crippen LogP contribution in [0, 0.1) is 17.7 Å². The van der Waals surface area contributed by atoms with E-state index in [1.807, 2.05) is 12.1 Å². The Balaban J connectivity index is 1.64. The van der Waals surface area contributed by atoms with Crippen LogP contribution in [0.2, 0.25) is 0 Å². The highest BCUT2D eigenvalue weighted by atomic mass is 19.1. The standard InChI is InChI=1S/C21H30FN/c1-3-4-20-19-11-10-18(22)13-17(19)9-12-21(20)23-14-16-7-5-15(2)6-8-16/h3,10-11,13,15-16,20-21,23H,1,4-9,12,14H2,2H3. The van der Waals surface area contributed by atoms with Crippen LogP contribution in [0.15, 0.2) is 30.9 Å². The molecule has 1 aromatic carbocycles. The Hall–Kier alpha value is -1.15. The van der Waals surface area contributed by atoms with Gasteiger partial charge in [-0.15, -0.1) is 6.58 Å². The van der Waals surface area contributed by atoms with Gasteiger partial charge in [-0.2, -0.15) is 0 Å². The molecule has 1 aromatic rings. The number of hydrogen-bond acceptors (Lipinski definition) is 1. The Labute approximate surface area is 140 Å². The number of nitrogens with one attached hydrogen (secondary N) is 1. The maximum atomic E-state index is 13.5. The third kappa shape index (κ3) is 4.03. The second-order valence-corrected chi connectivity index (χ2v) is 7.65. The SMILES string of the molecule is C=CCC1c2ccc(F)cc2CCC1NCC1CCC(C)CC1. The average molecular weight is 315 g/mol. The van der Waals surface area contributed by atoms with E-state index in [0.717, 1.165) is 37.6 Å². The summed E-state index contributed by atoms with van der Waals surface area (Å²) >= 11 is 0. The van der Waals surface area contributed by atoms with Crippen LogP contribution in [0.25, 0.3) is 0 Å². The largest absolute Gasteiger partial charge is 0.313 e. The summed E-state index contributed by atoms with van der Waals surface area (Å²) in [7, 11) is 0. The Kier molecular flexibility index (Phi) is 5.53. The minimum atomic E-state index is -0.108. The molecule has 0 aromatic heterocycles. The van der Waals surface area contributed by atoms with E-state index in [4.69, 9.17) is 0 Å². The molecule has 0 amide bonds. The predicted molar refractivity (Wildman–Crippen MR) is 95.2 cm³/mol. The molecule has 1 saturated carbocycles. The zero-order chi connectivity index (χ0) is 16.2. The first-order valence-electron chi connectivity index (χ1n) is 9.30. The van der Waals surface area contributed by atoms with Crippen molar-refractivity contribution in [1.29, 1.82) is 0 Å². The number of benzene rings is 1. The maximum absolute atomic E-state index is 13.5. The molecule has 2 aliphatic carbocycles. The summed E-state index contributed by atoms with van der Waals surface area (Å²) in [5.41, 5.74) is 2.52. The smallest absolute Gasteiger partial charge is 0.123 e. The van der Waals surface area contributed by atoms with Crippen molar-refractivity contribution < 1.29 is 4.39 Å². The molecular weight excluding hydrogens is 285 g/mol. The fraction of sp³-hybridized carbons (Fsp3) is 0.619. The lowest BCUT2D eigenvalue weighted by atomic mass is 9.77. The highest BCUT2D eigenvalue weighted by molar-refractivity contribution is 5.35. The summed E-state index contributed by atoms with van der Waals surface area (Å²) in [4.78, 5) is 0. The molecule has 23 heavy (non-hydrogen) atoms. The Morgan fingerprint density at radius 2 is 2.00 bits per heavy atom. The molecule has 3 rings (SSSR count). The lowest BCUT2D eigenvalue weighted by Gasteiger charge is -2.36. The Morgan fingerprint density at radius 1 is 1.22 bits per heavy atom. The summed E-state index contributed by atoms with van der Waals surface area (Å²) < 4.78 is 13.5. The van der Waals surface area contributed by atoms with Crippen molar-refractivity contribution in [1.82, 2.24) is 5.32 Å². The van der Waals surface area contributed by atoms with E-state index in [-0.39, 0.29) is 5.82 Å². The van der Waals surface area contributed by atoms with Gasteiger partial charge >= 0.3 is 0 Å². The van der Waals surface area contributed by atoms with Gasteiger partial charge in [-0.05, 0) is 73.7 Å². The number of fused-ring (bicyclic) bond motifs is 1. The number of halogens is 1. The quantitative estimate of drug-likeness (QED) is 0.735. The van der Waals surface area contributed by atoms with Crippen molar-refractivity contribution in [2.24, 2.45) is 11.8 Å². The molecule has 2 atom stereocenters. The van der Waals surface area contributed by atoms with Crippen molar-refractivity contribution in [3.8, 4) is 0 Å². The van der Waals surface area contributed by atoms with Crippen molar-refractivity contribution in [3.63, 3.8) is 0 Å². The van der Waals surface area contributed by atoms with Crippen LogP contribution in [0.3, 0.4) is 0 Å². The Morgan fingerprint density at radius 3 is 2.74 bits per heavy atom. The van der Waals surface area contributed by atoms with Gasteiger partial charge in [0.15, 0.2) is 0 Å². The number of hydrogen-bond donors (Lipinski definition) is 1. The number of allylic oxidation sites excluding steroid dienone is 1. The molecule has 0 bridgehead atoms. The first kappa shape index (κ1) is 16.7. The topological polar surface area (TPSA) is 12.0 Å². The van der Waals surface area contributed by atoms with Crippen LogP contribution in [0.5, 0.6) is 0 Å². The van der Waals surface area contributed by atoms with Crippen LogP contribution in [0.4, 0.5) is 4.39 Å². The summed E-state index contributed by atoms with van der Waals surface area (Å²) in [6, 6.07) is 5.84. The van der Waals surface area contributed by atoms with Gasteiger partial charge in [0.25, 0.3) is 0 Å². The fourth-order valence-electron chi connectivity index (χ4n) is 4.45. The van der Waals surface area contributed by atoms with Gasteiger partial charge in [0.05, 0.1) is 0 Å². The van der Waals surface area contributed by atoms with Gasteiger partial charge in [0.2, 0.25) is 0 Å². The highest BCUT2D eigenvalue weighted by Crippen LogP contribution is 2.35. The second kappa shape index (κ2) is 7.61. The van der Waals surface area contributed by atoms with E-state index in [0.29, 0.717) is 12.0 Å². The van der Waals surface area contributed by atoms with Gasteiger partial charge < -0.3 is 5.32 Å². The monoisotopic (exact) mass is 315 g/mol. The van der Waals surface area contributed by atoms with Crippen molar-refractivity contribution in [2.75, 3.05) is 6.54 Å². The normalized spacial score (nSPS) is 30.7. The minimum Gasteiger partial charge on any atom is -0.313 e. The van der Waals surface area contributed by atoms with E-state index in [1.54, 1.807) is 12.1 Å². The molecule has 0 spiro atoms. The molecule has 0 radical (unpaired) electrons. The molecule has 2 aliphatic rings. The third-order valence-electron chi connectivity index (χ3n) is 5.94. The first-order valence-corrected chi connectivity index (χ1v) is 9.30. The van der Waals surface area contributed by atoms with E-state index >= 15 is 0 Å². The summed E-state index contributed by atoms with van der Waals surface area (Å²) in [6.07, 6.45) is 10.6. The Bertz CT molecular complexity index is 531. The van der Waals surface area contributed by atoms with Crippen molar-refractivity contribution >= 4 is 0 Å². The van der Waals surface area contributed by atoms with E-state index in [9.17, 15) is 4.39 Å². The molecule has 0 aliphatic heterocycles. The van der Waals surface area contributed by atoms with Crippen LogP contribution in [0.1, 0.15) is 62.5 Å². The molecule has 1 fully saturated rings. The zero-order valence-electron chi connectivity index (χ0n) is 14.4. The third-order valence-corrected chi connectivity index (χ3v) is 5.94. The lowest BCUT2D eigenvalue weighted by Crippen LogP contribution is -2.41. The van der Waals surface area contributed by atoms with Gasteiger partial charge in [-0.3, -0.25) is 0 Å². The summed E-state index contributed by atoms with van der Waals surface area (Å²) in [5.74, 6) is 2.09. The lowest BCUT2D eigenvalue weighted by molar-refractivity contribution is 0.262. The van der Waals surface area contributed by atoms with Crippen LogP contribution in [-0.2, 0) is 6.42 Å². The minimum absolute atomic E-state index is 0.108. The van der Waals surface area contributed by atoms with Crippen molar-refractivity contribution in [3.05, 3.63) is 47.8 Å². The molecule has 1 nitrogen and oxygen atoms in total. The van der Waals surface area contributed by atoms with Gasteiger partial charge in [-0.1, -0.05) is 31.9 Å². The van der Waals surface area contributed by atoms with Gasteiger partial charge in [0, 0.05) is 12.0 Å². The van der Waals surface area contributed by atoms with E-state index < -0.39 is 0 Å². The van der Waals surface area contributed by atoms with E-state index in [1.165, 1.54) is 36.8 Å². The average Bonchev–Trinajstić information content (AvgIpc) is 2.55. The highest BCUT2D eigenvalue weighted by Gasteiger charge is 2.29. The molecule has 2 heteroatoms. The first-order chi connectivity index (χ1) is 11.2. The molecular formula is C21H30FN. The van der Waals surface area contributed by atoms with Gasteiger partial charge in [0.1, 0.15) is 5.82 Å². The summed E-state index contributed by atoms with van der Waals surface area (Å²) in [6.45, 7) is 7.45. The second-order valence-electron chi connectivity index (χ2n) is 7.65. The molecule has 1 N–H and O–H groups in total. The number of rotatable bonds is 5. The van der Waals surface area contributed by atoms with Crippen LogP contribution >= 0.6 is 0 Å². The number of aryl methyl sites for hydroxylation is 1. The van der Waals surface area contributed by atoms with Crippen LogP contribution < -0.4 is 5.32 Å². The predicted octanol–water partition coefficient (Wildman–Crippen LogP) is 5.22. The molecule has 2 unspecified atom stereocenters. The van der Waals surface area contributed by atoms with E-state index in [2.05, 4.69) is 18.8 Å². The maximum Gasteiger partial charge on any atom is 0.123 e.